The van der Waals surface area contributed by atoms with Gasteiger partial charge in [-0.1, -0.05) is 68.2 Å². The van der Waals surface area contributed by atoms with Crippen molar-refractivity contribution < 1.29 is 17.9 Å². The van der Waals surface area contributed by atoms with Gasteiger partial charge in [-0.15, -0.1) is 0 Å². The maximum absolute atomic E-state index is 14.7. The Morgan fingerprint density at radius 2 is 1.78 bits per heavy atom. The van der Waals surface area contributed by atoms with Crippen LogP contribution >= 0.6 is 0 Å². The van der Waals surface area contributed by atoms with Crippen molar-refractivity contribution in [2.75, 3.05) is 28.5 Å². The van der Waals surface area contributed by atoms with Gasteiger partial charge in [-0.05, 0) is 68.5 Å². The van der Waals surface area contributed by atoms with E-state index in [9.17, 15) is 13.2 Å². The molecule has 0 radical (unpaired) electrons. The summed E-state index contributed by atoms with van der Waals surface area (Å²) in [6, 6.07) is 15.3. The fourth-order valence-corrected chi connectivity index (χ4v) is 14.6. The molecule has 0 saturated carbocycles. The third-order valence-corrected chi connectivity index (χ3v) is 15.6. The minimum atomic E-state index is -3.70. The highest BCUT2D eigenvalue weighted by atomic mass is 32.2. The van der Waals surface area contributed by atoms with E-state index in [0.29, 0.717) is 12.6 Å². The Kier molecular flexibility index (Phi) is 6.49. The smallest absolute Gasteiger partial charge is 0.247 e. The maximum Gasteiger partial charge on any atom is 0.247 e. The number of nitrogens with zero attached hydrogens (tertiary/aromatic N) is 3. The summed E-state index contributed by atoms with van der Waals surface area (Å²) in [6.45, 7) is 14.3. The zero-order chi connectivity index (χ0) is 32.4. The van der Waals surface area contributed by atoms with E-state index in [2.05, 4.69) is 78.9 Å². The number of ether oxygens (including phenoxy) is 1. The number of epoxide rings is 1. The van der Waals surface area contributed by atoms with E-state index in [1.165, 1.54) is 11.1 Å². The number of likely N-dealkylation sites (tertiary alicyclic amines) is 1. The molecule has 1 N–H and O–H groups in total. The lowest BCUT2D eigenvalue weighted by molar-refractivity contribution is -0.137. The molecule has 10 heteroatoms. The molecule has 0 aliphatic carbocycles. The molecule has 0 aromatic heterocycles. The van der Waals surface area contributed by atoms with Gasteiger partial charge in [0.1, 0.15) is 12.3 Å². The second-order valence-electron chi connectivity index (χ2n) is 15.8. The van der Waals surface area contributed by atoms with Gasteiger partial charge in [-0.25, -0.2) is 12.7 Å². The molecular formula is C36H46N4O4SSi. The number of amides is 1. The van der Waals surface area contributed by atoms with Gasteiger partial charge < -0.3 is 15.0 Å². The number of sulfonamides is 1. The Morgan fingerprint density at radius 3 is 2.50 bits per heavy atom. The van der Waals surface area contributed by atoms with E-state index < -0.39 is 35.1 Å². The number of hydrogen-bond donors (Lipinski definition) is 1. The van der Waals surface area contributed by atoms with Gasteiger partial charge in [0, 0.05) is 38.3 Å². The van der Waals surface area contributed by atoms with Crippen LogP contribution in [0.4, 0.5) is 11.4 Å². The minimum absolute atomic E-state index is 0.00638. The zero-order valence-corrected chi connectivity index (χ0v) is 29.6. The third-order valence-electron chi connectivity index (χ3n) is 11.8. The molecule has 244 valence electrons. The molecule has 2 aromatic carbocycles. The summed E-state index contributed by atoms with van der Waals surface area (Å²) < 4.78 is 37.7. The predicted molar refractivity (Wildman–Crippen MR) is 185 cm³/mol. The lowest BCUT2D eigenvalue weighted by Gasteiger charge is -2.63. The standard InChI is InChI=1S/C36H46N4O4SSi/c1-7-8-9-17-28(41)38-20-18-35-25-14-10-11-16-27(25)40(45(42,43)22-23-46(4,5)6)32-36(35)19-21-39(33(35)38)30(31-34(2,3)44-31)24-13-12-15-26(37-32)29(24)36/h7-17,30-33,37H,18-23H2,1-6H3/b8-7+,17-9+/t30-,31+,32-,33+,35-,36-/m0/s1. The topological polar surface area (TPSA) is 85.5 Å². The first-order valence-electron chi connectivity index (χ1n) is 16.8. The van der Waals surface area contributed by atoms with Gasteiger partial charge in [-0.3, -0.25) is 9.69 Å². The monoisotopic (exact) mass is 658 g/mol. The first-order valence-corrected chi connectivity index (χ1v) is 22.2. The maximum atomic E-state index is 14.7. The van der Waals surface area contributed by atoms with Crippen LogP contribution in [0.5, 0.6) is 0 Å². The van der Waals surface area contributed by atoms with Crippen molar-refractivity contribution in [3.05, 3.63) is 83.5 Å². The van der Waals surface area contributed by atoms with Gasteiger partial charge in [0.05, 0.1) is 34.7 Å². The largest absolute Gasteiger partial charge is 0.365 e. The van der Waals surface area contributed by atoms with E-state index in [1.54, 1.807) is 10.4 Å². The van der Waals surface area contributed by atoms with Crippen LogP contribution in [0.15, 0.2) is 66.8 Å². The van der Waals surface area contributed by atoms with Crippen molar-refractivity contribution >= 4 is 35.4 Å². The molecule has 8 nitrogen and oxygen atoms in total. The van der Waals surface area contributed by atoms with Gasteiger partial charge >= 0.3 is 0 Å². The first-order chi connectivity index (χ1) is 21.8. The van der Waals surface area contributed by atoms with Crippen LogP contribution in [0.25, 0.3) is 0 Å². The fourth-order valence-electron chi connectivity index (χ4n) is 9.87. The normalized spacial score (nSPS) is 34.8. The second kappa shape index (κ2) is 9.81. The Balaban J connectivity index is 1.41. The zero-order valence-electron chi connectivity index (χ0n) is 27.8. The minimum Gasteiger partial charge on any atom is -0.365 e. The number of fused-ring (bicyclic) bond motifs is 1. The fraction of sp³-hybridized carbons (Fsp3) is 0.528. The number of piperidine rings is 1. The molecule has 2 bridgehead atoms. The Labute approximate surface area is 274 Å². The lowest BCUT2D eigenvalue weighted by atomic mass is 9.50. The molecule has 8 rings (SSSR count). The van der Waals surface area contributed by atoms with Crippen LogP contribution in [0.1, 0.15) is 56.3 Å². The number of hydrogen-bond acceptors (Lipinski definition) is 6. The summed E-state index contributed by atoms with van der Waals surface area (Å²) >= 11 is 0. The van der Waals surface area contributed by atoms with Crippen molar-refractivity contribution in [2.24, 2.45) is 0 Å². The molecule has 7 atom stereocenters. The van der Waals surface area contributed by atoms with Gasteiger partial charge in [-0.2, -0.15) is 0 Å². The van der Waals surface area contributed by atoms with Crippen molar-refractivity contribution in [1.82, 2.24) is 9.80 Å². The second-order valence-corrected chi connectivity index (χ2v) is 23.4. The summed E-state index contributed by atoms with van der Waals surface area (Å²) in [7, 11) is -5.35. The van der Waals surface area contributed by atoms with E-state index in [4.69, 9.17) is 4.74 Å². The highest BCUT2D eigenvalue weighted by Gasteiger charge is 2.78. The molecule has 2 aromatic rings. The van der Waals surface area contributed by atoms with Crippen LogP contribution in [0.2, 0.25) is 25.7 Å². The number of nitrogens with one attached hydrogen (secondary N) is 1. The van der Waals surface area contributed by atoms with Gasteiger partial charge in [0.2, 0.25) is 15.9 Å². The van der Waals surface area contributed by atoms with Crippen molar-refractivity contribution in [1.29, 1.82) is 0 Å². The van der Waals surface area contributed by atoms with Crippen LogP contribution in [0, 0.1) is 0 Å². The average Bonchev–Trinajstić information content (AvgIpc) is 3.34. The summed E-state index contributed by atoms with van der Waals surface area (Å²) in [5.41, 5.74) is 3.88. The third kappa shape index (κ3) is 3.90. The highest BCUT2D eigenvalue weighted by molar-refractivity contribution is 7.92. The molecule has 6 aliphatic rings. The van der Waals surface area contributed by atoms with Crippen LogP contribution in [0.3, 0.4) is 0 Å². The van der Waals surface area contributed by atoms with Crippen molar-refractivity contribution in [3.8, 4) is 0 Å². The van der Waals surface area contributed by atoms with Gasteiger partial charge in [0.15, 0.2) is 0 Å². The highest BCUT2D eigenvalue weighted by Crippen LogP contribution is 2.72. The number of para-hydroxylation sites is 1. The molecule has 3 saturated heterocycles. The molecule has 6 aliphatic heterocycles. The summed E-state index contributed by atoms with van der Waals surface area (Å²) in [5, 5.41) is 3.85. The van der Waals surface area contributed by atoms with Crippen LogP contribution < -0.4 is 9.62 Å². The van der Waals surface area contributed by atoms with Crippen LogP contribution in [-0.2, 0) is 30.4 Å². The molecular weight excluding hydrogens is 613 g/mol. The first kappa shape index (κ1) is 30.4. The molecule has 1 amide bonds. The predicted octanol–water partition coefficient (Wildman–Crippen LogP) is 5.73. The number of allylic oxidation sites excluding steroid dienone is 3. The van der Waals surface area contributed by atoms with Crippen molar-refractivity contribution in [2.45, 2.75) is 100 Å². The van der Waals surface area contributed by atoms with Gasteiger partial charge in [0.25, 0.3) is 0 Å². The summed E-state index contributed by atoms with van der Waals surface area (Å²) in [4.78, 5) is 18.8. The number of anilines is 2. The summed E-state index contributed by atoms with van der Waals surface area (Å²) in [6.07, 6.45) is 8.10. The SMILES string of the molecule is C/C=C/C=C/C(=O)N1CC[C@@]23c4ccccc4N(S(=O)(=O)CC[Si](C)(C)C)[C@@H]4Nc5cccc6c5[C@@]42CCN([C@@H]13)[C@@H]6[C@H]1OC1(C)C. The molecule has 2 spiro atoms. The van der Waals surface area contributed by atoms with Crippen molar-refractivity contribution in [3.63, 3.8) is 0 Å². The number of carbonyl (C=O) groups excluding carboxylic acids is 1. The van der Waals surface area contributed by atoms with Crippen LogP contribution in [-0.4, -0.2) is 75.1 Å². The molecule has 3 fully saturated rings. The summed E-state index contributed by atoms with van der Waals surface area (Å²) in [5.74, 6) is 0.123. The number of carbonyl (C=O) groups is 1. The Bertz CT molecular complexity index is 1800. The van der Waals surface area contributed by atoms with E-state index in [0.717, 1.165) is 36.3 Å². The number of rotatable bonds is 7. The molecule has 6 heterocycles. The average molecular weight is 659 g/mol. The molecule has 1 unspecified atom stereocenters. The van der Waals surface area contributed by atoms with E-state index in [1.807, 2.05) is 37.3 Å². The lowest BCUT2D eigenvalue weighted by Crippen LogP contribution is -2.74. The molecule has 46 heavy (non-hydrogen) atoms. The number of benzene rings is 2. The van der Waals surface area contributed by atoms with E-state index in [-0.39, 0.29) is 35.6 Å². The van der Waals surface area contributed by atoms with E-state index >= 15 is 0 Å². The Hall–Kier alpha value is -2.92. The Morgan fingerprint density at radius 1 is 1.04 bits per heavy atom. The quantitative estimate of drug-likeness (QED) is 0.177.